The van der Waals surface area contributed by atoms with Gasteiger partial charge in [-0.3, -0.25) is 4.79 Å². The van der Waals surface area contributed by atoms with E-state index in [9.17, 15) is 4.79 Å². The summed E-state index contributed by atoms with van der Waals surface area (Å²) in [6.45, 7) is 4.26. The van der Waals surface area contributed by atoms with E-state index in [1.54, 1.807) is 19.0 Å². The van der Waals surface area contributed by atoms with Crippen molar-refractivity contribution in [2.75, 3.05) is 60.6 Å². The van der Waals surface area contributed by atoms with Crippen molar-refractivity contribution in [3.8, 4) is 0 Å². The molecule has 2 rings (SSSR count). The van der Waals surface area contributed by atoms with Crippen molar-refractivity contribution in [1.29, 1.82) is 0 Å². The fraction of sp³-hybridized carbons (Fsp3) is 0.882. The second-order valence-electron chi connectivity index (χ2n) is 6.91. The van der Waals surface area contributed by atoms with Gasteiger partial charge in [-0.1, -0.05) is 0 Å². The summed E-state index contributed by atoms with van der Waals surface area (Å²) in [6, 6.07) is 0. The summed E-state index contributed by atoms with van der Waals surface area (Å²) >= 11 is 0. The minimum atomic E-state index is 0.000756. The van der Waals surface area contributed by atoms with Crippen LogP contribution in [0.1, 0.15) is 25.7 Å². The van der Waals surface area contributed by atoms with E-state index in [-0.39, 0.29) is 18.6 Å². The van der Waals surface area contributed by atoms with Crippen LogP contribution < -0.4 is 5.32 Å². The first-order chi connectivity index (χ1) is 11.6. The molecule has 138 valence electrons. The van der Waals surface area contributed by atoms with Gasteiger partial charge in [0.1, 0.15) is 6.54 Å². The Balaban J connectivity index is 1.90. The van der Waals surface area contributed by atoms with Crippen LogP contribution in [-0.2, 0) is 14.3 Å². The van der Waals surface area contributed by atoms with Gasteiger partial charge in [0.05, 0.1) is 12.7 Å². The first-order valence-electron chi connectivity index (χ1n) is 8.95. The number of carbonyl (C=O) groups is 1. The molecule has 2 unspecified atom stereocenters. The quantitative estimate of drug-likeness (QED) is 0.565. The average molecular weight is 340 g/mol. The maximum Gasteiger partial charge on any atom is 0.243 e. The van der Waals surface area contributed by atoms with E-state index in [1.807, 2.05) is 7.05 Å². The maximum absolute atomic E-state index is 11.8. The number of hydrogen-bond acceptors (Lipinski definition) is 4. The highest BCUT2D eigenvalue weighted by Gasteiger charge is 2.21. The number of hydrogen-bond donors (Lipinski definition) is 1. The van der Waals surface area contributed by atoms with Gasteiger partial charge in [0.25, 0.3) is 0 Å². The third-order valence-electron chi connectivity index (χ3n) is 4.54. The highest BCUT2D eigenvalue weighted by atomic mass is 16.5. The lowest BCUT2D eigenvalue weighted by atomic mass is 10.1. The predicted molar refractivity (Wildman–Crippen MR) is 94.1 cm³/mol. The van der Waals surface area contributed by atoms with Gasteiger partial charge in [0.15, 0.2) is 5.96 Å². The number of carbonyl (C=O) groups excluding carboxylic acids is 1. The van der Waals surface area contributed by atoms with E-state index in [0.717, 1.165) is 58.1 Å². The number of nitrogens with one attached hydrogen (secondary N) is 1. The Morgan fingerprint density at radius 1 is 1.21 bits per heavy atom. The highest BCUT2D eigenvalue weighted by Crippen LogP contribution is 2.14. The number of likely N-dealkylation sites (N-methyl/N-ethyl adjacent to an activating group) is 1. The zero-order valence-corrected chi connectivity index (χ0v) is 15.3. The molecule has 2 atom stereocenters. The second kappa shape index (κ2) is 9.84. The summed E-state index contributed by atoms with van der Waals surface area (Å²) in [7, 11) is 5.52. The molecule has 2 aliphatic rings. The fourth-order valence-electron chi connectivity index (χ4n) is 2.97. The minimum absolute atomic E-state index is 0.000756. The van der Waals surface area contributed by atoms with Gasteiger partial charge in [-0.15, -0.1) is 0 Å². The first kappa shape index (κ1) is 19.0. The van der Waals surface area contributed by atoms with Gasteiger partial charge in [0, 0.05) is 53.4 Å². The maximum atomic E-state index is 11.8. The van der Waals surface area contributed by atoms with Crippen LogP contribution in [0, 0.1) is 5.92 Å². The van der Waals surface area contributed by atoms with Gasteiger partial charge >= 0.3 is 0 Å². The Hall–Kier alpha value is -1.34. The van der Waals surface area contributed by atoms with Crippen molar-refractivity contribution in [1.82, 2.24) is 15.1 Å². The number of aliphatic imine (C=N–C) groups is 1. The largest absolute Gasteiger partial charge is 0.381 e. The number of amides is 1. The molecular weight excluding hydrogens is 308 g/mol. The Bertz CT molecular complexity index is 416. The lowest BCUT2D eigenvalue weighted by Crippen LogP contribution is -2.45. The van der Waals surface area contributed by atoms with E-state index >= 15 is 0 Å². The molecule has 2 heterocycles. The van der Waals surface area contributed by atoms with Crippen molar-refractivity contribution < 1.29 is 14.3 Å². The summed E-state index contributed by atoms with van der Waals surface area (Å²) < 4.78 is 11.2. The molecule has 0 aromatic heterocycles. The molecule has 0 aromatic carbocycles. The molecule has 0 saturated carbocycles. The van der Waals surface area contributed by atoms with E-state index in [4.69, 9.17) is 9.47 Å². The smallest absolute Gasteiger partial charge is 0.243 e. The third kappa shape index (κ3) is 6.28. The van der Waals surface area contributed by atoms with E-state index in [2.05, 4.69) is 15.2 Å². The van der Waals surface area contributed by atoms with Crippen LogP contribution in [0.5, 0.6) is 0 Å². The third-order valence-corrected chi connectivity index (χ3v) is 4.54. The van der Waals surface area contributed by atoms with Crippen LogP contribution in [0.25, 0.3) is 0 Å². The fourth-order valence-corrected chi connectivity index (χ4v) is 2.97. The molecule has 7 nitrogen and oxygen atoms in total. The molecule has 0 aromatic rings. The number of rotatable bonds is 6. The van der Waals surface area contributed by atoms with Gasteiger partial charge in [-0.2, -0.15) is 0 Å². The molecule has 2 fully saturated rings. The lowest BCUT2D eigenvalue weighted by Gasteiger charge is -2.28. The molecule has 0 spiro atoms. The van der Waals surface area contributed by atoms with E-state index in [0.29, 0.717) is 5.92 Å². The molecule has 0 bridgehead atoms. The van der Waals surface area contributed by atoms with Gasteiger partial charge in [-0.25, -0.2) is 4.99 Å². The zero-order valence-electron chi connectivity index (χ0n) is 15.3. The first-order valence-corrected chi connectivity index (χ1v) is 8.95. The van der Waals surface area contributed by atoms with Crippen molar-refractivity contribution >= 4 is 11.9 Å². The monoisotopic (exact) mass is 340 g/mol. The molecule has 24 heavy (non-hydrogen) atoms. The summed E-state index contributed by atoms with van der Waals surface area (Å²) in [4.78, 5) is 20.0. The van der Waals surface area contributed by atoms with Crippen LogP contribution in [0.4, 0.5) is 0 Å². The zero-order chi connectivity index (χ0) is 17.4. The molecule has 1 N–H and O–H groups in total. The van der Waals surface area contributed by atoms with Crippen molar-refractivity contribution in [2.24, 2.45) is 10.9 Å². The lowest BCUT2D eigenvalue weighted by molar-refractivity contribution is -0.127. The number of guanidine groups is 1. The molecule has 0 radical (unpaired) electrons. The average Bonchev–Trinajstić information content (AvgIpc) is 3.08. The van der Waals surface area contributed by atoms with E-state index < -0.39 is 0 Å². The minimum Gasteiger partial charge on any atom is -0.381 e. The van der Waals surface area contributed by atoms with Crippen molar-refractivity contribution in [2.45, 2.75) is 31.8 Å². The Morgan fingerprint density at radius 2 is 2.04 bits per heavy atom. The standard InChI is InChI=1S/C17H32N4O3/c1-20(2)16(22)11-19-17(18-10-15-6-4-5-8-24-15)21(3)12-14-7-9-23-13-14/h14-15H,4-13H2,1-3H3,(H,18,19). The summed E-state index contributed by atoms with van der Waals surface area (Å²) in [5.41, 5.74) is 0. The van der Waals surface area contributed by atoms with E-state index in [1.165, 1.54) is 6.42 Å². The van der Waals surface area contributed by atoms with Gasteiger partial charge in [0.2, 0.25) is 5.91 Å². The molecule has 2 aliphatic heterocycles. The predicted octanol–water partition coefficient (Wildman–Crippen LogP) is 0.558. The summed E-state index contributed by atoms with van der Waals surface area (Å²) in [5, 5.41) is 3.40. The SMILES string of the molecule is CN(C)C(=O)CN=C(NCC1CCCCO1)N(C)CC1CCOC1. The second-order valence-corrected chi connectivity index (χ2v) is 6.91. The molecule has 7 heteroatoms. The Labute approximate surface area is 145 Å². The Morgan fingerprint density at radius 3 is 2.67 bits per heavy atom. The number of ether oxygens (including phenoxy) is 2. The van der Waals surface area contributed by atoms with Crippen LogP contribution in [0.3, 0.4) is 0 Å². The molecule has 1 amide bonds. The highest BCUT2D eigenvalue weighted by molar-refractivity contribution is 5.84. The topological polar surface area (TPSA) is 66.4 Å². The number of nitrogens with zero attached hydrogens (tertiary/aromatic N) is 3. The summed E-state index contributed by atoms with van der Waals surface area (Å²) in [6.07, 6.45) is 4.76. The molecule has 0 aliphatic carbocycles. The van der Waals surface area contributed by atoms with Crippen LogP contribution in [0.2, 0.25) is 0 Å². The van der Waals surface area contributed by atoms with Gasteiger partial charge < -0.3 is 24.6 Å². The van der Waals surface area contributed by atoms with Crippen molar-refractivity contribution in [3.05, 3.63) is 0 Å². The van der Waals surface area contributed by atoms with Crippen LogP contribution in [-0.4, -0.2) is 88.4 Å². The Kier molecular flexibility index (Phi) is 7.78. The molecular formula is C17H32N4O3. The van der Waals surface area contributed by atoms with Crippen molar-refractivity contribution in [3.63, 3.8) is 0 Å². The molecule has 2 saturated heterocycles. The van der Waals surface area contributed by atoms with Crippen LogP contribution >= 0.6 is 0 Å². The van der Waals surface area contributed by atoms with Gasteiger partial charge in [-0.05, 0) is 25.7 Å². The normalized spacial score (nSPS) is 24.7. The van der Waals surface area contributed by atoms with Crippen LogP contribution in [0.15, 0.2) is 4.99 Å². The summed E-state index contributed by atoms with van der Waals surface area (Å²) in [5.74, 6) is 1.30.